The van der Waals surface area contributed by atoms with Crippen molar-refractivity contribution in [2.45, 2.75) is 25.4 Å². The number of hydrogen-bond acceptors (Lipinski definition) is 2. The molecule has 1 aromatic heterocycles. The van der Waals surface area contributed by atoms with E-state index >= 15 is 0 Å². The highest BCUT2D eigenvalue weighted by atomic mass is 79.9. The molecule has 19 heavy (non-hydrogen) atoms. The number of benzene rings is 1. The molecule has 0 bridgehead atoms. The number of aryl methyl sites for hydroxylation is 1. The van der Waals surface area contributed by atoms with Gasteiger partial charge in [-0.3, -0.25) is 0 Å². The highest BCUT2D eigenvalue weighted by Crippen LogP contribution is 2.39. The summed E-state index contributed by atoms with van der Waals surface area (Å²) in [5, 5.41) is 3.42. The normalized spacial score (nSPS) is 17.7. The van der Waals surface area contributed by atoms with Crippen LogP contribution in [0.3, 0.4) is 0 Å². The lowest BCUT2D eigenvalue weighted by atomic mass is 10.1. The largest absolute Gasteiger partial charge is 0.306 e. The molecule has 1 atom stereocenters. The predicted molar refractivity (Wildman–Crippen MR) is 81.3 cm³/mol. The van der Waals surface area contributed by atoms with E-state index in [4.69, 9.17) is 11.6 Å². The Kier molecular flexibility index (Phi) is 3.94. The maximum atomic E-state index is 13.7. The predicted octanol–water partition coefficient (Wildman–Crippen LogP) is 5.08. The number of rotatable bonds is 3. The second kappa shape index (κ2) is 5.52. The van der Waals surface area contributed by atoms with Crippen LogP contribution < -0.4 is 5.32 Å². The third-order valence-corrected chi connectivity index (χ3v) is 5.23. The molecule has 1 N–H and O–H groups in total. The topological polar surface area (TPSA) is 12.0 Å². The van der Waals surface area contributed by atoms with Crippen molar-refractivity contribution < 1.29 is 4.39 Å². The molecule has 1 aliphatic carbocycles. The second-order valence-corrected chi connectivity index (χ2v) is 7.32. The Balaban J connectivity index is 1.72. The Labute approximate surface area is 128 Å². The minimum Gasteiger partial charge on any atom is -0.306 e. The van der Waals surface area contributed by atoms with Crippen LogP contribution in [0.5, 0.6) is 0 Å². The van der Waals surface area contributed by atoms with E-state index in [2.05, 4.69) is 21.2 Å². The number of nitrogens with one attached hydrogen (secondary N) is 1. The Hall–Kier alpha value is -0.420. The van der Waals surface area contributed by atoms with Crippen LogP contribution in [0.2, 0.25) is 4.34 Å². The molecule has 0 fully saturated rings. The van der Waals surface area contributed by atoms with E-state index in [-0.39, 0.29) is 11.9 Å². The van der Waals surface area contributed by atoms with Gasteiger partial charge in [-0.15, -0.1) is 11.3 Å². The summed E-state index contributed by atoms with van der Waals surface area (Å²) >= 11 is 11.1. The minimum absolute atomic E-state index is 0.169. The summed E-state index contributed by atoms with van der Waals surface area (Å²) in [4.78, 5) is 1.36. The van der Waals surface area contributed by atoms with Crippen molar-refractivity contribution in [1.82, 2.24) is 5.32 Å². The standard InChI is InChI=1S/C14H12BrClFNS/c15-9-1-2-11(17)8(5-9)7-18-12-3-4-13-10(12)6-14(16)19-13/h1-2,5-6,12,18H,3-4,7H2. The molecule has 0 saturated heterocycles. The van der Waals surface area contributed by atoms with Crippen LogP contribution in [-0.2, 0) is 13.0 Å². The van der Waals surface area contributed by atoms with Crippen molar-refractivity contribution in [2.24, 2.45) is 0 Å². The maximum Gasteiger partial charge on any atom is 0.127 e. The third kappa shape index (κ3) is 2.87. The van der Waals surface area contributed by atoms with Crippen molar-refractivity contribution in [3.8, 4) is 0 Å². The Morgan fingerprint density at radius 1 is 1.42 bits per heavy atom. The van der Waals surface area contributed by atoms with Gasteiger partial charge in [0.2, 0.25) is 0 Å². The molecule has 0 saturated carbocycles. The number of hydrogen-bond donors (Lipinski definition) is 1. The van der Waals surface area contributed by atoms with Crippen molar-refractivity contribution in [3.63, 3.8) is 0 Å². The first kappa shape index (κ1) is 13.6. The van der Waals surface area contributed by atoms with Crippen molar-refractivity contribution in [2.75, 3.05) is 0 Å². The van der Waals surface area contributed by atoms with Gasteiger partial charge >= 0.3 is 0 Å². The van der Waals surface area contributed by atoms with Crippen molar-refractivity contribution in [3.05, 3.63) is 54.9 Å². The smallest absolute Gasteiger partial charge is 0.127 e. The van der Waals surface area contributed by atoms with Gasteiger partial charge in [0, 0.05) is 27.5 Å². The molecule has 5 heteroatoms. The molecule has 1 heterocycles. The summed E-state index contributed by atoms with van der Waals surface area (Å²) in [5.74, 6) is -0.169. The highest BCUT2D eigenvalue weighted by Gasteiger charge is 2.24. The lowest BCUT2D eigenvalue weighted by Crippen LogP contribution is -2.19. The molecule has 0 spiro atoms. The van der Waals surface area contributed by atoms with Crippen molar-refractivity contribution in [1.29, 1.82) is 0 Å². The molecule has 1 unspecified atom stereocenters. The average molecular weight is 361 g/mol. The van der Waals surface area contributed by atoms with Gasteiger partial charge in [-0.1, -0.05) is 27.5 Å². The fourth-order valence-electron chi connectivity index (χ4n) is 2.45. The first-order valence-corrected chi connectivity index (χ1v) is 8.07. The van der Waals surface area contributed by atoms with Gasteiger partial charge in [0.05, 0.1) is 4.34 Å². The number of halogens is 3. The zero-order valence-electron chi connectivity index (χ0n) is 10.1. The summed E-state index contributed by atoms with van der Waals surface area (Å²) < 4.78 is 15.4. The first-order valence-electron chi connectivity index (χ1n) is 6.09. The van der Waals surface area contributed by atoms with Gasteiger partial charge in [0.15, 0.2) is 0 Å². The second-order valence-electron chi connectivity index (χ2n) is 4.64. The van der Waals surface area contributed by atoms with Crippen LogP contribution in [0.25, 0.3) is 0 Å². The Morgan fingerprint density at radius 3 is 3.11 bits per heavy atom. The molecule has 1 aliphatic rings. The molecule has 1 nitrogen and oxygen atoms in total. The summed E-state index contributed by atoms with van der Waals surface area (Å²) in [5.41, 5.74) is 1.97. The molecular formula is C14H12BrClFNS. The lowest BCUT2D eigenvalue weighted by molar-refractivity contribution is 0.513. The van der Waals surface area contributed by atoms with E-state index in [9.17, 15) is 4.39 Å². The van der Waals surface area contributed by atoms with E-state index < -0.39 is 0 Å². The van der Waals surface area contributed by atoms with Crippen molar-refractivity contribution >= 4 is 38.9 Å². The summed E-state index contributed by atoms with van der Waals surface area (Å²) in [7, 11) is 0. The van der Waals surface area contributed by atoms with Gasteiger partial charge in [-0.2, -0.15) is 0 Å². The SMILES string of the molecule is Fc1ccc(Br)cc1CNC1CCc2sc(Cl)cc21. The van der Waals surface area contributed by atoms with E-state index in [1.807, 2.05) is 12.1 Å². The molecule has 0 amide bonds. The first-order chi connectivity index (χ1) is 9.13. The van der Waals surface area contributed by atoms with Crippen LogP contribution in [0.4, 0.5) is 4.39 Å². The molecule has 100 valence electrons. The van der Waals surface area contributed by atoms with Crippen LogP contribution in [-0.4, -0.2) is 0 Å². The lowest BCUT2D eigenvalue weighted by Gasteiger charge is -2.13. The van der Waals surface area contributed by atoms with E-state index in [0.29, 0.717) is 12.1 Å². The molecule has 0 radical (unpaired) electrons. The van der Waals surface area contributed by atoms with Crippen LogP contribution in [0, 0.1) is 5.82 Å². The third-order valence-electron chi connectivity index (χ3n) is 3.39. The molecule has 0 aliphatic heterocycles. The quantitative estimate of drug-likeness (QED) is 0.805. The van der Waals surface area contributed by atoms with Crippen LogP contribution >= 0.6 is 38.9 Å². The average Bonchev–Trinajstić information content (AvgIpc) is 2.90. The fourth-order valence-corrected chi connectivity index (χ4v) is 4.22. The van der Waals surface area contributed by atoms with Gasteiger partial charge in [0.1, 0.15) is 5.82 Å². The van der Waals surface area contributed by atoms with Crippen LogP contribution in [0.15, 0.2) is 28.7 Å². The molecule has 3 rings (SSSR count). The van der Waals surface area contributed by atoms with Crippen LogP contribution in [0.1, 0.15) is 28.5 Å². The summed E-state index contributed by atoms with van der Waals surface area (Å²) in [6, 6.07) is 7.34. The molecule has 2 aromatic rings. The van der Waals surface area contributed by atoms with Gasteiger partial charge in [-0.25, -0.2) is 4.39 Å². The fraction of sp³-hybridized carbons (Fsp3) is 0.286. The monoisotopic (exact) mass is 359 g/mol. The zero-order chi connectivity index (χ0) is 13.4. The number of fused-ring (bicyclic) bond motifs is 1. The highest BCUT2D eigenvalue weighted by molar-refractivity contribution is 9.10. The van der Waals surface area contributed by atoms with Gasteiger partial charge < -0.3 is 5.32 Å². The van der Waals surface area contributed by atoms with Gasteiger partial charge in [0.25, 0.3) is 0 Å². The summed E-state index contributed by atoms with van der Waals surface area (Å²) in [6.45, 7) is 0.531. The number of thiophene rings is 1. The minimum atomic E-state index is -0.169. The zero-order valence-corrected chi connectivity index (χ0v) is 13.2. The Morgan fingerprint density at radius 2 is 2.26 bits per heavy atom. The van der Waals surface area contributed by atoms with E-state index in [1.165, 1.54) is 16.5 Å². The Bertz CT molecular complexity index is 613. The van der Waals surface area contributed by atoms with E-state index in [1.54, 1.807) is 17.4 Å². The molecule has 1 aromatic carbocycles. The van der Waals surface area contributed by atoms with Gasteiger partial charge in [-0.05, 0) is 42.7 Å². The molecular weight excluding hydrogens is 349 g/mol. The maximum absolute atomic E-state index is 13.7. The summed E-state index contributed by atoms with van der Waals surface area (Å²) in [6.07, 6.45) is 2.12. The van der Waals surface area contributed by atoms with E-state index in [0.717, 1.165) is 21.7 Å².